The van der Waals surface area contributed by atoms with E-state index in [-0.39, 0.29) is 0 Å². The predicted octanol–water partition coefficient (Wildman–Crippen LogP) is 2.28. The molecule has 2 nitrogen and oxygen atoms in total. The molecule has 0 bridgehead atoms. The molecule has 0 heterocycles. The van der Waals surface area contributed by atoms with Crippen molar-refractivity contribution in [1.82, 2.24) is 4.90 Å². The Morgan fingerprint density at radius 1 is 1.38 bits per heavy atom. The first-order chi connectivity index (χ1) is 6.13. The lowest BCUT2D eigenvalue weighted by atomic mass is 9.88. The average Bonchev–Trinajstić information content (AvgIpc) is 1.95. The van der Waals surface area contributed by atoms with Gasteiger partial charge < -0.3 is 9.64 Å². The highest BCUT2D eigenvalue weighted by atomic mass is 16.5. The van der Waals surface area contributed by atoms with Gasteiger partial charge in [-0.05, 0) is 46.7 Å². The van der Waals surface area contributed by atoms with Crippen LogP contribution in [0.15, 0.2) is 0 Å². The van der Waals surface area contributed by atoms with Crippen LogP contribution in [0, 0.1) is 0 Å². The zero-order chi connectivity index (χ0) is 9.84. The normalized spacial score (nSPS) is 28.2. The second-order valence-corrected chi connectivity index (χ2v) is 4.41. The van der Waals surface area contributed by atoms with Crippen LogP contribution >= 0.6 is 0 Å². The fourth-order valence-corrected chi connectivity index (χ4v) is 1.93. The van der Waals surface area contributed by atoms with Crippen molar-refractivity contribution >= 4 is 0 Å². The van der Waals surface area contributed by atoms with Crippen LogP contribution in [0.5, 0.6) is 0 Å². The van der Waals surface area contributed by atoms with Crippen molar-refractivity contribution in [3.63, 3.8) is 0 Å². The molecule has 0 radical (unpaired) electrons. The zero-order valence-corrected chi connectivity index (χ0v) is 9.42. The van der Waals surface area contributed by atoms with Crippen LogP contribution in [0.4, 0.5) is 0 Å². The molecule has 1 aliphatic carbocycles. The minimum absolute atomic E-state index is 0.391. The summed E-state index contributed by atoms with van der Waals surface area (Å²) in [6.07, 6.45) is 4.64. The van der Waals surface area contributed by atoms with Crippen molar-refractivity contribution in [3.05, 3.63) is 0 Å². The van der Waals surface area contributed by atoms with Crippen LogP contribution < -0.4 is 0 Å². The van der Waals surface area contributed by atoms with Crippen LogP contribution in [0.25, 0.3) is 0 Å². The Bertz CT molecular complexity index is 141. The largest absolute Gasteiger partial charge is 0.375 e. The van der Waals surface area contributed by atoms with Crippen LogP contribution in [0.1, 0.15) is 40.0 Å². The van der Waals surface area contributed by atoms with E-state index < -0.39 is 0 Å². The monoisotopic (exact) mass is 185 g/mol. The highest BCUT2D eigenvalue weighted by Gasteiger charge is 2.32. The van der Waals surface area contributed by atoms with Crippen LogP contribution in [-0.4, -0.2) is 36.7 Å². The summed E-state index contributed by atoms with van der Waals surface area (Å²) in [5.41, 5.74) is 0. The quantitative estimate of drug-likeness (QED) is 0.651. The summed E-state index contributed by atoms with van der Waals surface area (Å²) in [5.74, 6) is 0. The number of rotatable bonds is 5. The van der Waals surface area contributed by atoms with Gasteiger partial charge in [0.05, 0.1) is 12.2 Å². The second-order valence-electron chi connectivity index (χ2n) is 4.41. The van der Waals surface area contributed by atoms with Crippen molar-refractivity contribution in [3.8, 4) is 0 Å². The van der Waals surface area contributed by atoms with Gasteiger partial charge in [0.2, 0.25) is 0 Å². The Hall–Kier alpha value is -0.0800. The van der Waals surface area contributed by atoms with Gasteiger partial charge >= 0.3 is 0 Å². The molecule has 0 saturated heterocycles. The molecule has 0 spiro atoms. The SMILES string of the molecule is CCCN(C)[C@H]1C[C@H](OC(C)C)C1. The molecular weight excluding hydrogens is 162 g/mol. The molecule has 0 N–H and O–H groups in total. The van der Waals surface area contributed by atoms with Crippen molar-refractivity contribution in [1.29, 1.82) is 0 Å². The van der Waals surface area contributed by atoms with Gasteiger partial charge in [-0.2, -0.15) is 0 Å². The van der Waals surface area contributed by atoms with E-state index in [1.807, 2.05) is 0 Å². The minimum atomic E-state index is 0.391. The van der Waals surface area contributed by atoms with Gasteiger partial charge in [0.1, 0.15) is 0 Å². The molecule has 0 atom stereocenters. The Morgan fingerprint density at radius 3 is 2.46 bits per heavy atom. The molecule has 13 heavy (non-hydrogen) atoms. The summed E-state index contributed by atoms with van der Waals surface area (Å²) in [4.78, 5) is 2.46. The van der Waals surface area contributed by atoms with Crippen molar-refractivity contribution in [2.45, 2.75) is 58.3 Å². The van der Waals surface area contributed by atoms with E-state index in [2.05, 4.69) is 32.7 Å². The fraction of sp³-hybridized carbons (Fsp3) is 1.00. The van der Waals surface area contributed by atoms with Crippen molar-refractivity contribution in [2.75, 3.05) is 13.6 Å². The van der Waals surface area contributed by atoms with Gasteiger partial charge in [-0.1, -0.05) is 6.92 Å². The smallest absolute Gasteiger partial charge is 0.0608 e. The number of hydrogen-bond donors (Lipinski definition) is 0. The maximum Gasteiger partial charge on any atom is 0.0608 e. The van der Waals surface area contributed by atoms with Gasteiger partial charge in [-0.3, -0.25) is 0 Å². The molecule has 0 aromatic rings. The molecule has 1 rings (SSSR count). The Morgan fingerprint density at radius 2 is 2.00 bits per heavy atom. The number of nitrogens with zero attached hydrogens (tertiary/aromatic N) is 1. The topological polar surface area (TPSA) is 12.5 Å². The summed E-state index contributed by atoms with van der Waals surface area (Å²) < 4.78 is 5.72. The third-order valence-corrected chi connectivity index (χ3v) is 2.73. The van der Waals surface area contributed by atoms with Gasteiger partial charge in [-0.25, -0.2) is 0 Å². The Balaban J connectivity index is 2.10. The van der Waals surface area contributed by atoms with E-state index in [9.17, 15) is 0 Å². The first-order valence-corrected chi connectivity index (χ1v) is 5.49. The van der Waals surface area contributed by atoms with E-state index in [4.69, 9.17) is 4.74 Å². The molecule has 0 aliphatic heterocycles. The summed E-state index contributed by atoms with van der Waals surface area (Å²) in [6.45, 7) is 7.68. The van der Waals surface area contributed by atoms with E-state index in [0.29, 0.717) is 12.2 Å². The Kier molecular flexibility index (Phi) is 4.20. The van der Waals surface area contributed by atoms with Crippen LogP contribution in [0.2, 0.25) is 0 Å². The van der Waals surface area contributed by atoms with E-state index in [1.165, 1.54) is 25.8 Å². The highest BCUT2D eigenvalue weighted by Crippen LogP contribution is 2.28. The molecule has 0 aromatic carbocycles. The van der Waals surface area contributed by atoms with Crippen LogP contribution in [0.3, 0.4) is 0 Å². The zero-order valence-electron chi connectivity index (χ0n) is 9.42. The first-order valence-electron chi connectivity index (χ1n) is 5.49. The maximum atomic E-state index is 5.72. The number of hydrogen-bond acceptors (Lipinski definition) is 2. The fourth-order valence-electron chi connectivity index (χ4n) is 1.93. The molecule has 0 amide bonds. The number of ether oxygens (including phenoxy) is 1. The van der Waals surface area contributed by atoms with E-state index >= 15 is 0 Å². The van der Waals surface area contributed by atoms with E-state index in [0.717, 1.165) is 6.04 Å². The Labute approximate surface area is 82.3 Å². The lowest BCUT2D eigenvalue weighted by Gasteiger charge is -2.41. The third kappa shape index (κ3) is 3.28. The summed E-state index contributed by atoms with van der Waals surface area (Å²) >= 11 is 0. The molecule has 2 heteroatoms. The molecule has 1 saturated carbocycles. The summed E-state index contributed by atoms with van der Waals surface area (Å²) in [6, 6.07) is 0.781. The molecule has 0 unspecified atom stereocenters. The van der Waals surface area contributed by atoms with Gasteiger partial charge in [-0.15, -0.1) is 0 Å². The van der Waals surface area contributed by atoms with Gasteiger partial charge in [0.15, 0.2) is 0 Å². The third-order valence-electron chi connectivity index (χ3n) is 2.73. The maximum absolute atomic E-state index is 5.72. The minimum Gasteiger partial charge on any atom is -0.375 e. The molecule has 0 aromatic heterocycles. The standard InChI is InChI=1S/C11H23NO/c1-5-6-12(4)10-7-11(8-10)13-9(2)3/h9-11H,5-8H2,1-4H3/t10-,11-. The van der Waals surface area contributed by atoms with Crippen molar-refractivity contribution in [2.24, 2.45) is 0 Å². The van der Waals surface area contributed by atoms with Gasteiger partial charge in [0.25, 0.3) is 0 Å². The van der Waals surface area contributed by atoms with Gasteiger partial charge in [0, 0.05) is 6.04 Å². The molecule has 78 valence electrons. The second kappa shape index (κ2) is 4.97. The predicted molar refractivity (Wildman–Crippen MR) is 56.0 cm³/mol. The summed E-state index contributed by atoms with van der Waals surface area (Å²) in [5, 5.41) is 0. The molecule has 1 fully saturated rings. The lowest BCUT2D eigenvalue weighted by molar-refractivity contribution is -0.0720. The van der Waals surface area contributed by atoms with E-state index in [1.54, 1.807) is 0 Å². The average molecular weight is 185 g/mol. The molecule has 1 aliphatic rings. The highest BCUT2D eigenvalue weighted by molar-refractivity contribution is 4.87. The van der Waals surface area contributed by atoms with Crippen LogP contribution in [-0.2, 0) is 4.74 Å². The van der Waals surface area contributed by atoms with Crippen molar-refractivity contribution < 1.29 is 4.74 Å². The lowest BCUT2D eigenvalue weighted by Crippen LogP contribution is -2.47. The first kappa shape index (κ1) is 11.0. The summed E-state index contributed by atoms with van der Waals surface area (Å²) in [7, 11) is 2.22. The molecular formula is C11H23NO.